The van der Waals surface area contributed by atoms with Crippen LogP contribution in [0.15, 0.2) is 0 Å². The van der Waals surface area contributed by atoms with Gasteiger partial charge in [-0.05, 0) is 33.6 Å². The minimum absolute atomic E-state index is 0.343. The van der Waals surface area contributed by atoms with Gasteiger partial charge < -0.3 is 14.9 Å². The number of hydrogen-bond donors (Lipinski definition) is 1. The molecule has 1 N–H and O–H groups in total. The first-order valence-corrected chi connectivity index (χ1v) is 5.71. The SMILES string of the molecule is [C-]#[N+]CC1(NC(=O)OC(C)(C)C)CCCC1. The third-order valence-electron chi connectivity index (χ3n) is 2.71. The first-order valence-electron chi connectivity index (χ1n) is 5.71. The van der Waals surface area contributed by atoms with Gasteiger partial charge in [-0.3, -0.25) is 0 Å². The van der Waals surface area contributed by atoms with Gasteiger partial charge in [-0.15, -0.1) is 0 Å². The van der Waals surface area contributed by atoms with Crippen molar-refractivity contribution in [3.8, 4) is 0 Å². The molecule has 0 aromatic rings. The molecule has 0 heterocycles. The van der Waals surface area contributed by atoms with Gasteiger partial charge in [0.25, 0.3) is 0 Å². The van der Waals surface area contributed by atoms with Crippen molar-refractivity contribution >= 4 is 6.09 Å². The second-order valence-electron chi connectivity index (χ2n) is 5.43. The number of alkyl carbamates (subject to hydrolysis) is 1. The van der Waals surface area contributed by atoms with Gasteiger partial charge in [0.2, 0.25) is 6.54 Å². The summed E-state index contributed by atoms with van der Waals surface area (Å²) in [6.07, 6.45) is 3.51. The topological polar surface area (TPSA) is 42.7 Å². The molecule has 16 heavy (non-hydrogen) atoms. The molecule has 0 unspecified atom stereocenters. The Hall–Kier alpha value is -1.24. The highest BCUT2D eigenvalue weighted by Gasteiger charge is 2.39. The van der Waals surface area contributed by atoms with E-state index < -0.39 is 11.7 Å². The van der Waals surface area contributed by atoms with E-state index in [1.54, 1.807) is 0 Å². The monoisotopic (exact) mass is 224 g/mol. The van der Waals surface area contributed by atoms with E-state index in [0.717, 1.165) is 25.7 Å². The van der Waals surface area contributed by atoms with Gasteiger partial charge in [-0.2, -0.15) is 0 Å². The van der Waals surface area contributed by atoms with Crippen LogP contribution in [0.25, 0.3) is 4.85 Å². The highest BCUT2D eigenvalue weighted by molar-refractivity contribution is 5.69. The Kier molecular flexibility index (Phi) is 3.79. The van der Waals surface area contributed by atoms with Crippen molar-refractivity contribution in [1.29, 1.82) is 0 Å². The zero-order chi connectivity index (χ0) is 12.2. The standard InChI is InChI=1S/C12H20N2O2/c1-11(2,3)16-10(15)14-12(9-13-4)7-5-6-8-12/h5-9H2,1-3H3,(H,14,15). The third kappa shape index (κ3) is 3.73. The maximum absolute atomic E-state index is 11.7. The molecule has 0 aromatic heterocycles. The quantitative estimate of drug-likeness (QED) is 0.733. The summed E-state index contributed by atoms with van der Waals surface area (Å²) in [4.78, 5) is 15.1. The van der Waals surface area contributed by atoms with Crippen LogP contribution in [0.3, 0.4) is 0 Å². The van der Waals surface area contributed by atoms with Crippen molar-refractivity contribution in [3.05, 3.63) is 11.4 Å². The van der Waals surface area contributed by atoms with Crippen molar-refractivity contribution in [2.75, 3.05) is 6.54 Å². The molecule has 1 aliphatic carbocycles. The molecule has 4 nitrogen and oxygen atoms in total. The van der Waals surface area contributed by atoms with Gasteiger partial charge in [0.15, 0.2) is 0 Å². The summed E-state index contributed by atoms with van der Waals surface area (Å²) in [5, 5.41) is 2.87. The van der Waals surface area contributed by atoms with Crippen molar-refractivity contribution in [3.63, 3.8) is 0 Å². The van der Waals surface area contributed by atoms with Crippen molar-refractivity contribution in [2.24, 2.45) is 0 Å². The maximum atomic E-state index is 11.7. The van der Waals surface area contributed by atoms with Crippen LogP contribution in [0.1, 0.15) is 46.5 Å². The molecule has 1 fully saturated rings. The summed E-state index contributed by atoms with van der Waals surface area (Å²) in [6, 6.07) is 0. The number of hydrogen-bond acceptors (Lipinski definition) is 2. The number of carbonyl (C=O) groups is 1. The van der Waals surface area contributed by atoms with Crippen molar-refractivity contribution in [1.82, 2.24) is 5.32 Å². The van der Waals surface area contributed by atoms with Crippen LogP contribution in [0.4, 0.5) is 4.79 Å². The molecule has 0 aliphatic heterocycles. The summed E-state index contributed by atoms with van der Waals surface area (Å²) in [7, 11) is 0. The van der Waals surface area contributed by atoms with Crippen molar-refractivity contribution < 1.29 is 9.53 Å². The zero-order valence-electron chi connectivity index (χ0n) is 10.3. The first kappa shape index (κ1) is 12.8. The lowest BCUT2D eigenvalue weighted by molar-refractivity contribution is 0.0464. The molecule has 0 atom stereocenters. The van der Waals surface area contributed by atoms with Crippen LogP contribution in [0.5, 0.6) is 0 Å². The number of amides is 1. The number of nitrogens with zero attached hydrogens (tertiary/aromatic N) is 1. The Morgan fingerprint density at radius 2 is 2.00 bits per heavy atom. The molecule has 4 heteroatoms. The van der Waals surface area contributed by atoms with E-state index in [4.69, 9.17) is 11.3 Å². The normalized spacial score (nSPS) is 18.9. The van der Waals surface area contributed by atoms with E-state index in [2.05, 4.69) is 10.2 Å². The van der Waals surface area contributed by atoms with E-state index in [9.17, 15) is 4.79 Å². The fourth-order valence-corrected chi connectivity index (χ4v) is 2.05. The number of carbonyl (C=O) groups excluding carboxylic acids is 1. The summed E-state index contributed by atoms with van der Waals surface area (Å²) in [5.74, 6) is 0. The lowest BCUT2D eigenvalue weighted by Gasteiger charge is -2.27. The molecule has 1 aliphatic rings. The Labute approximate surface area is 97.2 Å². The molecule has 0 bridgehead atoms. The van der Waals surface area contributed by atoms with Crippen LogP contribution >= 0.6 is 0 Å². The van der Waals surface area contributed by atoms with Gasteiger partial charge in [-0.25, -0.2) is 11.4 Å². The smallest absolute Gasteiger partial charge is 0.408 e. The summed E-state index contributed by atoms with van der Waals surface area (Å²) >= 11 is 0. The number of rotatable bonds is 2. The van der Waals surface area contributed by atoms with E-state index in [0.29, 0.717) is 6.54 Å². The fourth-order valence-electron chi connectivity index (χ4n) is 2.05. The van der Waals surface area contributed by atoms with Crippen LogP contribution in [-0.2, 0) is 4.74 Å². The molecule has 90 valence electrons. The minimum atomic E-state index is -0.484. The average molecular weight is 224 g/mol. The summed E-state index contributed by atoms with van der Waals surface area (Å²) in [5.41, 5.74) is -0.827. The third-order valence-corrected chi connectivity index (χ3v) is 2.71. The lowest BCUT2D eigenvalue weighted by atomic mass is 9.98. The highest BCUT2D eigenvalue weighted by Crippen LogP contribution is 2.30. The Morgan fingerprint density at radius 3 is 2.44 bits per heavy atom. The molecule has 1 amide bonds. The molecule has 1 saturated carbocycles. The van der Waals surface area contributed by atoms with E-state index in [-0.39, 0.29) is 5.54 Å². The number of nitrogens with one attached hydrogen (secondary N) is 1. The van der Waals surface area contributed by atoms with E-state index in [1.165, 1.54) is 0 Å². The lowest BCUT2D eigenvalue weighted by Crippen LogP contribution is -2.50. The summed E-state index contributed by atoms with van der Waals surface area (Å²) < 4.78 is 5.22. The Morgan fingerprint density at radius 1 is 1.44 bits per heavy atom. The van der Waals surface area contributed by atoms with Gasteiger partial charge in [0.1, 0.15) is 11.1 Å². The molecular weight excluding hydrogens is 204 g/mol. The predicted molar refractivity (Wildman–Crippen MR) is 62.0 cm³/mol. The zero-order valence-corrected chi connectivity index (χ0v) is 10.3. The van der Waals surface area contributed by atoms with Crippen LogP contribution in [0, 0.1) is 6.57 Å². The first-order chi connectivity index (χ1) is 7.37. The number of ether oxygens (including phenoxy) is 1. The Balaban J connectivity index is 2.56. The summed E-state index contributed by atoms with van der Waals surface area (Å²) in [6.45, 7) is 12.8. The van der Waals surface area contributed by atoms with Crippen LogP contribution in [-0.4, -0.2) is 23.8 Å². The molecule has 0 aromatic carbocycles. The fraction of sp³-hybridized carbons (Fsp3) is 0.833. The minimum Gasteiger partial charge on any atom is -0.444 e. The molecule has 0 saturated heterocycles. The molecule has 0 spiro atoms. The van der Waals surface area contributed by atoms with E-state index >= 15 is 0 Å². The van der Waals surface area contributed by atoms with Crippen LogP contribution in [0.2, 0.25) is 0 Å². The molecule has 1 rings (SSSR count). The van der Waals surface area contributed by atoms with Crippen molar-refractivity contribution in [2.45, 2.75) is 57.6 Å². The van der Waals surface area contributed by atoms with Gasteiger partial charge in [0, 0.05) is 0 Å². The van der Waals surface area contributed by atoms with Gasteiger partial charge in [-0.1, -0.05) is 12.8 Å². The van der Waals surface area contributed by atoms with Gasteiger partial charge >= 0.3 is 6.09 Å². The average Bonchev–Trinajstić information content (AvgIpc) is 2.49. The molecule has 0 radical (unpaired) electrons. The van der Waals surface area contributed by atoms with Crippen LogP contribution < -0.4 is 5.32 Å². The largest absolute Gasteiger partial charge is 0.444 e. The second-order valence-corrected chi connectivity index (χ2v) is 5.43. The predicted octanol–water partition coefficient (Wildman–Crippen LogP) is 2.74. The molecular formula is C12H20N2O2. The van der Waals surface area contributed by atoms with Gasteiger partial charge in [0.05, 0.1) is 0 Å². The highest BCUT2D eigenvalue weighted by atomic mass is 16.6. The maximum Gasteiger partial charge on any atom is 0.408 e. The second kappa shape index (κ2) is 4.73. The Bertz CT molecular complexity index is 293. The van der Waals surface area contributed by atoms with E-state index in [1.807, 2.05) is 20.8 Å².